The Labute approximate surface area is 99.7 Å². The number of hydrogen-bond acceptors (Lipinski definition) is 2. The van der Waals surface area contributed by atoms with Crippen LogP contribution in [-0.2, 0) is 6.54 Å². The highest BCUT2D eigenvalue weighted by atomic mass is 16.3. The summed E-state index contributed by atoms with van der Waals surface area (Å²) < 4.78 is 7.67. The summed E-state index contributed by atoms with van der Waals surface area (Å²) in [6, 6.07) is 12.0. The van der Waals surface area contributed by atoms with Gasteiger partial charge in [0.15, 0.2) is 11.6 Å². The molecule has 0 fully saturated rings. The molecule has 0 spiro atoms. The lowest BCUT2D eigenvalue weighted by Crippen LogP contribution is -1.98. The zero-order chi connectivity index (χ0) is 11.7. The summed E-state index contributed by atoms with van der Waals surface area (Å²) in [5, 5.41) is 0. The minimum absolute atomic E-state index is 0.828. The van der Waals surface area contributed by atoms with Gasteiger partial charge in [0.25, 0.3) is 0 Å². The van der Waals surface area contributed by atoms with Gasteiger partial charge in [-0.2, -0.15) is 0 Å². The van der Waals surface area contributed by atoms with Crippen molar-refractivity contribution >= 4 is 11.0 Å². The molecule has 0 radical (unpaired) electrons. The third kappa shape index (κ3) is 1.64. The highest BCUT2D eigenvalue weighted by molar-refractivity contribution is 5.79. The number of benzene rings is 1. The van der Waals surface area contributed by atoms with Crippen LogP contribution in [0.4, 0.5) is 0 Å². The molecule has 3 aromatic rings. The summed E-state index contributed by atoms with van der Waals surface area (Å²) in [6.07, 6.45) is 2.76. The van der Waals surface area contributed by atoms with Crippen LogP contribution in [0.25, 0.3) is 22.6 Å². The molecule has 0 bridgehead atoms. The lowest BCUT2D eigenvalue weighted by Gasteiger charge is -2.05. The first-order valence-electron chi connectivity index (χ1n) is 5.89. The summed E-state index contributed by atoms with van der Waals surface area (Å²) in [5.74, 6) is 1.74. The number of para-hydroxylation sites is 2. The molecule has 0 saturated heterocycles. The fraction of sp³-hybridized carbons (Fsp3) is 0.214. The first-order valence-corrected chi connectivity index (χ1v) is 5.89. The molecule has 2 heterocycles. The smallest absolute Gasteiger partial charge is 0.177 e. The number of fused-ring (bicyclic) bond motifs is 1. The number of rotatable bonds is 3. The Kier molecular flexibility index (Phi) is 2.44. The van der Waals surface area contributed by atoms with Crippen molar-refractivity contribution < 1.29 is 4.42 Å². The molecular formula is C14H14N2O. The largest absolute Gasteiger partial charge is 0.461 e. The van der Waals surface area contributed by atoms with Crippen molar-refractivity contribution in [2.45, 2.75) is 19.9 Å². The Hall–Kier alpha value is -2.03. The Balaban J connectivity index is 2.26. The van der Waals surface area contributed by atoms with Crippen LogP contribution in [0.2, 0.25) is 0 Å². The van der Waals surface area contributed by atoms with E-state index in [1.54, 1.807) is 6.26 Å². The van der Waals surface area contributed by atoms with Crippen molar-refractivity contribution in [1.82, 2.24) is 9.55 Å². The van der Waals surface area contributed by atoms with E-state index in [-0.39, 0.29) is 0 Å². The molecule has 0 saturated carbocycles. The van der Waals surface area contributed by atoms with Crippen molar-refractivity contribution in [2.75, 3.05) is 0 Å². The van der Waals surface area contributed by atoms with E-state index in [2.05, 4.69) is 22.5 Å². The van der Waals surface area contributed by atoms with Crippen LogP contribution >= 0.6 is 0 Å². The number of nitrogens with zero attached hydrogens (tertiary/aromatic N) is 2. The molecule has 0 N–H and O–H groups in total. The molecule has 1 aromatic carbocycles. The quantitative estimate of drug-likeness (QED) is 0.681. The molecule has 0 amide bonds. The Morgan fingerprint density at radius 2 is 2.06 bits per heavy atom. The summed E-state index contributed by atoms with van der Waals surface area (Å²) in [5.41, 5.74) is 2.19. The fourth-order valence-electron chi connectivity index (χ4n) is 2.12. The molecule has 2 aromatic heterocycles. The predicted octanol–water partition coefficient (Wildman–Crippen LogP) is 3.71. The van der Waals surface area contributed by atoms with Gasteiger partial charge >= 0.3 is 0 Å². The molecule has 0 aliphatic heterocycles. The van der Waals surface area contributed by atoms with E-state index in [4.69, 9.17) is 4.42 Å². The van der Waals surface area contributed by atoms with Crippen LogP contribution in [0, 0.1) is 0 Å². The van der Waals surface area contributed by atoms with Crippen LogP contribution in [0.5, 0.6) is 0 Å². The first-order chi connectivity index (χ1) is 8.40. The third-order valence-corrected chi connectivity index (χ3v) is 2.84. The maximum absolute atomic E-state index is 5.45. The number of furan rings is 1. The summed E-state index contributed by atoms with van der Waals surface area (Å²) in [7, 11) is 0. The van der Waals surface area contributed by atoms with Crippen LogP contribution in [-0.4, -0.2) is 9.55 Å². The van der Waals surface area contributed by atoms with Gasteiger partial charge < -0.3 is 8.98 Å². The van der Waals surface area contributed by atoms with Crippen molar-refractivity contribution in [1.29, 1.82) is 0 Å². The van der Waals surface area contributed by atoms with Crippen molar-refractivity contribution in [3.05, 3.63) is 42.7 Å². The zero-order valence-corrected chi connectivity index (χ0v) is 9.76. The van der Waals surface area contributed by atoms with Crippen LogP contribution in [0.3, 0.4) is 0 Å². The van der Waals surface area contributed by atoms with Gasteiger partial charge in [-0.25, -0.2) is 4.98 Å². The monoisotopic (exact) mass is 226 g/mol. The van der Waals surface area contributed by atoms with Gasteiger partial charge in [-0.1, -0.05) is 19.1 Å². The molecule has 86 valence electrons. The maximum atomic E-state index is 5.45. The molecule has 0 aliphatic carbocycles. The average molecular weight is 226 g/mol. The minimum Gasteiger partial charge on any atom is -0.461 e. The molecule has 3 nitrogen and oxygen atoms in total. The third-order valence-electron chi connectivity index (χ3n) is 2.84. The molecular weight excluding hydrogens is 212 g/mol. The summed E-state index contributed by atoms with van der Waals surface area (Å²) in [6.45, 7) is 3.12. The van der Waals surface area contributed by atoms with Crippen molar-refractivity contribution in [3.63, 3.8) is 0 Å². The van der Waals surface area contributed by atoms with Crippen molar-refractivity contribution in [3.8, 4) is 11.6 Å². The molecule has 0 atom stereocenters. The highest BCUT2D eigenvalue weighted by Gasteiger charge is 2.13. The number of aromatic nitrogens is 2. The van der Waals surface area contributed by atoms with E-state index in [1.807, 2.05) is 30.3 Å². The summed E-state index contributed by atoms with van der Waals surface area (Å²) >= 11 is 0. The maximum Gasteiger partial charge on any atom is 0.177 e. The first kappa shape index (κ1) is 10.1. The van der Waals surface area contributed by atoms with E-state index >= 15 is 0 Å². The van der Waals surface area contributed by atoms with Crippen LogP contribution < -0.4 is 0 Å². The predicted molar refractivity (Wildman–Crippen MR) is 67.7 cm³/mol. The Bertz CT molecular complexity index is 623. The number of hydrogen-bond donors (Lipinski definition) is 0. The van der Waals surface area contributed by atoms with E-state index < -0.39 is 0 Å². The molecule has 3 heteroatoms. The van der Waals surface area contributed by atoms with Gasteiger partial charge in [0.1, 0.15) is 0 Å². The van der Waals surface area contributed by atoms with Gasteiger partial charge in [0, 0.05) is 6.54 Å². The van der Waals surface area contributed by atoms with Crippen LogP contribution in [0.1, 0.15) is 13.3 Å². The Morgan fingerprint density at radius 1 is 1.18 bits per heavy atom. The summed E-state index contributed by atoms with van der Waals surface area (Å²) in [4.78, 5) is 4.64. The molecule has 17 heavy (non-hydrogen) atoms. The molecule has 0 aliphatic rings. The molecule has 0 unspecified atom stereocenters. The Morgan fingerprint density at radius 3 is 2.82 bits per heavy atom. The van der Waals surface area contributed by atoms with Gasteiger partial charge in [-0.05, 0) is 30.7 Å². The number of aryl methyl sites for hydroxylation is 1. The van der Waals surface area contributed by atoms with E-state index in [0.29, 0.717) is 0 Å². The molecule has 3 rings (SSSR count). The van der Waals surface area contributed by atoms with Gasteiger partial charge in [0.05, 0.1) is 17.3 Å². The standard InChI is InChI=1S/C14H14N2O/c1-2-9-16-12-7-4-3-6-11(12)15-14(16)13-8-5-10-17-13/h3-8,10H,2,9H2,1H3. The van der Waals surface area contributed by atoms with Gasteiger partial charge in [-0.15, -0.1) is 0 Å². The van der Waals surface area contributed by atoms with Gasteiger partial charge in [-0.3, -0.25) is 0 Å². The van der Waals surface area contributed by atoms with E-state index in [0.717, 1.165) is 30.1 Å². The van der Waals surface area contributed by atoms with Crippen LogP contribution in [0.15, 0.2) is 47.1 Å². The average Bonchev–Trinajstić information content (AvgIpc) is 2.97. The second kappa shape index (κ2) is 4.09. The highest BCUT2D eigenvalue weighted by Crippen LogP contribution is 2.25. The second-order valence-electron chi connectivity index (χ2n) is 4.05. The van der Waals surface area contributed by atoms with E-state index in [9.17, 15) is 0 Å². The van der Waals surface area contributed by atoms with Gasteiger partial charge in [0.2, 0.25) is 0 Å². The SMILES string of the molecule is CCCn1c(-c2ccco2)nc2ccccc21. The zero-order valence-electron chi connectivity index (χ0n) is 9.76. The normalized spacial score (nSPS) is 11.1. The minimum atomic E-state index is 0.828. The van der Waals surface area contributed by atoms with E-state index in [1.165, 1.54) is 5.52 Å². The lowest BCUT2D eigenvalue weighted by molar-refractivity contribution is 0.568. The fourth-order valence-corrected chi connectivity index (χ4v) is 2.12. The lowest BCUT2D eigenvalue weighted by atomic mass is 10.3. The number of imidazole rings is 1. The van der Waals surface area contributed by atoms with Crippen molar-refractivity contribution in [2.24, 2.45) is 0 Å². The topological polar surface area (TPSA) is 31.0 Å². The second-order valence-corrected chi connectivity index (χ2v) is 4.05.